The predicted octanol–water partition coefficient (Wildman–Crippen LogP) is 4.78. The molecule has 0 aliphatic heterocycles. The molecule has 28 heavy (non-hydrogen) atoms. The van der Waals surface area contributed by atoms with Crippen molar-refractivity contribution in [1.29, 1.82) is 0 Å². The molecule has 4 N–H and O–H groups in total. The zero-order valence-corrected chi connectivity index (χ0v) is 14.9. The molecule has 1 amide bonds. The minimum absolute atomic E-state index is 0.110. The number of benzene rings is 3. The predicted molar refractivity (Wildman–Crippen MR) is 106 cm³/mol. The van der Waals surface area contributed by atoms with Crippen LogP contribution in [0.3, 0.4) is 0 Å². The van der Waals surface area contributed by atoms with Gasteiger partial charge < -0.3 is 25.1 Å². The van der Waals surface area contributed by atoms with Crippen LogP contribution in [0, 0.1) is 6.92 Å². The topological polar surface area (TPSA) is 103 Å². The molecular formula is C22H17NO5. The number of amides is 1. The van der Waals surface area contributed by atoms with E-state index in [1.807, 2.05) is 19.1 Å². The quantitative estimate of drug-likeness (QED) is 0.413. The summed E-state index contributed by atoms with van der Waals surface area (Å²) in [7, 11) is 0. The van der Waals surface area contributed by atoms with Crippen LogP contribution in [0.5, 0.6) is 17.2 Å². The Hall–Kier alpha value is -3.93. The molecule has 0 unspecified atom stereocenters. The van der Waals surface area contributed by atoms with Crippen molar-refractivity contribution in [2.45, 2.75) is 6.92 Å². The van der Waals surface area contributed by atoms with E-state index in [1.54, 1.807) is 12.1 Å². The first kappa shape index (κ1) is 17.5. The molecule has 140 valence electrons. The van der Waals surface area contributed by atoms with Crippen molar-refractivity contribution in [3.05, 3.63) is 72.0 Å². The third-order valence-electron chi connectivity index (χ3n) is 4.43. The van der Waals surface area contributed by atoms with Gasteiger partial charge in [-0.1, -0.05) is 17.7 Å². The van der Waals surface area contributed by atoms with Gasteiger partial charge in [0.05, 0.1) is 11.8 Å². The lowest BCUT2D eigenvalue weighted by atomic mass is 9.99. The first-order valence-corrected chi connectivity index (χ1v) is 8.56. The van der Waals surface area contributed by atoms with Gasteiger partial charge in [-0.25, -0.2) is 0 Å². The summed E-state index contributed by atoms with van der Waals surface area (Å²) < 4.78 is 5.52. The summed E-state index contributed by atoms with van der Waals surface area (Å²) in [6.45, 7) is 1.95. The van der Waals surface area contributed by atoms with Crippen molar-refractivity contribution in [3.8, 4) is 28.4 Å². The maximum atomic E-state index is 12.9. The van der Waals surface area contributed by atoms with Crippen LogP contribution in [0.4, 0.5) is 5.69 Å². The number of anilines is 1. The molecule has 3 aromatic carbocycles. The van der Waals surface area contributed by atoms with Gasteiger partial charge in [-0.3, -0.25) is 4.79 Å². The van der Waals surface area contributed by atoms with Crippen LogP contribution in [-0.2, 0) is 0 Å². The van der Waals surface area contributed by atoms with Crippen molar-refractivity contribution in [2.24, 2.45) is 0 Å². The fourth-order valence-corrected chi connectivity index (χ4v) is 3.13. The monoisotopic (exact) mass is 375 g/mol. The molecule has 0 aliphatic carbocycles. The van der Waals surface area contributed by atoms with Crippen molar-refractivity contribution in [2.75, 3.05) is 5.32 Å². The van der Waals surface area contributed by atoms with Gasteiger partial charge in [0.25, 0.3) is 5.91 Å². The van der Waals surface area contributed by atoms with Crippen LogP contribution < -0.4 is 5.32 Å². The molecule has 6 nitrogen and oxygen atoms in total. The van der Waals surface area contributed by atoms with Crippen LogP contribution in [0.15, 0.2) is 65.3 Å². The molecule has 0 spiro atoms. The van der Waals surface area contributed by atoms with Gasteiger partial charge in [-0.05, 0) is 42.8 Å². The number of aryl methyl sites for hydroxylation is 1. The number of phenolic OH excluding ortho intramolecular Hbond substituents is 3. The number of rotatable bonds is 3. The minimum atomic E-state index is -0.420. The summed E-state index contributed by atoms with van der Waals surface area (Å²) in [4.78, 5) is 12.9. The van der Waals surface area contributed by atoms with Gasteiger partial charge in [-0.2, -0.15) is 0 Å². The van der Waals surface area contributed by atoms with E-state index in [2.05, 4.69) is 5.32 Å². The molecule has 6 heteroatoms. The maximum Gasteiger partial charge on any atom is 0.256 e. The summed E-state index contributed by atoms with van der Waals surface area (Å²) in [5.41, 5.74) is 3.20. The average Bonchev–Trinajstić information content (AvgIpc) is 3.05. The van der Waals surface area contributed by atoms with Crippen LogP contribution >= 0.6 is 0 Å². The SMILES string of the molecule is Cc1ccc(NC(=O)c2cc(O)cc3occ(-c4cc(O)cc(O)c4)c23)cc1. The van der Waals surface area contributed by atoms with E-state index < -0.39 is 5.91 Å². The molecule has 1 aromatic heterocycles. The van der Waals surface area contributed by atoms with Gasteiger partial charge >= 0.3 is 0 Å². The Balaban J connectivity index is 1.84. The van der Waals surface area contributed by atoms with Crippen molar-refractivity contribution in [3.63, 3.8) is 0 Å². The van der Waals surface area contributed by atoms with Crippen LogP contribution in [0.2, 0.25) is 0 Å². The minimum Gasteiger partial charge on any atom is -0.508 e. The van der Waals surface area contributed by atoms with E-state index in [1.165, 1.54) is 36.6 Å². The number of hydrogen-bond acceptors (Lipinski definition) is 5. The van der Waals surface area contributed by atoms with Crippen molar-refractivity contribution < 1.29 is 24.5 Å². The van der Waals surface area contributed by atoms with Gasteiger partial charge in [0.15, 0.2) is 0 Å². The lowest BCUT2D eigenvalue weighted by Crippen LogP contribution is -2.12. The van der Waals surface area contributed by atoms with Gasteiger partial charge in [0.2, 0.25) is 0 Å². The maximum absolute atomic E-state index is 12.9. The molecule has 0 saturated heterocycles. The fourth-order valence-electron chi connectivity index (χ4n) is 3.13. The Kier molecular flexibility index (Phi) is 4.16. The second-order valence-corrected chi connectivity index (χ2v) is 6.57. The number of hydrogen-bond donors (Lipinski definition) is 4. The van der Waals surface area contributed by atoms with E-state index >= 15 is 0 Å². The van der Waals surface area contributed by atoms with E-state index in [9.17, 15) is 20.1 Å². The standard InChI is InChI=1S/C22H17NO5/c1-12-2-4-14(5-3-12)23-22(27)18-9-17(26)10-20-21(18)19(11-28-20)13-6-15(24)8-16(25)7-13/h2-11,24-26H,1H3,(H,23,27). The first-order chi connectivity index (χ1) is 13.4. The Morgan fingerprint density at radius 2 is 1.54 bits per heavy atom. The zero-order valence-electron chi connectivity index (χ0n) is 14.9. The fraction of sp³-hybridized carbons (Fsp3) is 0.0455. The lowest BCUT2D eigenvalue weighted by Gasteiger charge is -2.09. The molecular weight excluding hydrogens is 358 g/mol. The number of carbonyl (C=O) groups excluding carboxylic acids is 1. The molecule has 0 bridgehead atoms. The van der Waals surface area contributed by atoms with E-state index in [-0.39, 0.29) is 22.8 Å². The highest BCUT2D eigenvalue weighted by Crippen LogP contribution is 2.38. The Bertz CT molecular complexity index is 1170. The average molecular weight is 375 g/mol. The normalized spacial score (nSPS) is 10.9. The molecule has 1 heterocycles. The highest BCUT2D eigenvalue weighted by atomic mass is 16.3. The molecule has 4 aromatic rings. The molecule has 0 radical (unpaired) electrons. The smallest absolute Gasteiger partial charge is 0.256 e. The van der Waals surface area contributed by atoms with Gasteiger partial charge in [0, 0.05) is 28.8 Å². The van der Waals surface area contributed by atoms with Crippen LogP contribution in [0.1, 0.15) is 15.9 Å². The van der Waals surface area contributed by atoms with E-state index in [0.717, 1.165) is 5.56 Å². The number of furan rings is 1. The first-order valence-electron chi connectivity index (χ1n) is 8.56. The number of phenols is 3. The van der Waals surface area contributed by atoms with Crippen LogP contribution in [-0.4, -0.2) is 21.2 Å². The number of fused-ring (bicyclic) bond motifs is 1. The second-order valence-electron chi connectivity index (χ2n) is 6.57. The van der Waals surface area contributed by atoms with E-state index in [4.69, 9.17) is 4.42 Å². The molecule has 0 fully saturated rings. The third kappa shape index (κ3) is 3.23. The second kappa shape index (κ2) is 6.66. The van der Waals surface area contributed by atoms with E-state index in [0.29, 0.717) is 27.8 Å². The number of aromatic hydroxyl groups is 3. The Morgan fingerprint density at radius 1 is 0.893 bits per heavy atom. The lowest BCUT2D eigenvalue weighted by molar-refractivity contribution is 0.102. The van der Waals surface area contributed by atoms with Crippen LogP contribution in [0.25, 0.3) is 22.1 Å². The molecule has 4 rings (SSSR count). The van der Waals surface area contributed by atoms with Gasteiger partial charge in [0.1, 0.15) is 22.8 Å². The van der Waals surface area contributed by atoms with Crippen molar-refractivity contribution >= 4 is 22.6 Å². The Labute approximate surface area is 160 Å². The number of carbonyl (C=O) groups is 1. The summed E-state index contributed by atoms with van der Waals surface area (Å²) >= 11 is 0. The highest BCUT2D eigenvalue weighted by Gasteiger charge is 2.20. The summed E-state index contributed by atoms with van der Waals surface area (Å²) in [5.74, 6) is -0.763. The van der Waals surface area contributed by atoms with Crippen molar-refractivity contribution in [1.82, 2.24) is 0 Å². The molecule has 0 atom stereocenters. The zero-order chi connectivity index (χ0) is 19.8. The summed E-state index contributed by atoms with van der Waals surface area (Å²) in [5, 5.41) is 32.9. The largest absolute Gasteiger partial charge is 0.508 e. The third-order valence-corrected chi connectivity index (χ3v) is 4.43. The molecule has 0 aliphatic rings. The highest BCUT2D eigenvalue weighted by molar-refractivity contribution is 6.16. The molecule has 0 saturated carbocycles. The Morgan fingerprint density at radius 3 is 2.21 bits per heavy atom. The number of nitrogens with one attached hydrogen (secondary N) is 1. The summed E-state index contributed by atoms with van der Waals surface area (Å²) in [6, 6.07) is 14.2. The summed E-state index contributed by atoms with van der Waals surface area (Å²) in [6.07, 6.45) is 1.42. The van der Waals surface area contributed by atoms with Gasteiger partial charge in [-0.15, -0.1) is 0 Å².